The lowest BCUT2D eigenvalue weighted by Gasteiger charge is -2.12. The van der Waals surface area contributed by atoms with Gasteiger partial charge in [-0.15, -0.1) is 0 Å². The molecule has 4 heteroatoms. The number of benzene rings is 1. The number of halogens is 2. The van der Waals surface area contributed by atoms with Gasteiger partial charge in [-0.2, -0.15) is 0 Å². The quantitative estimate of drug-likeness (QED) is 0.813. The van der Waals surface area contributed by atoms with Gasteiger partial charge in [-0.3, -0.25) is 0 Å². The fourth-order valence-electron chi connectivity index (χ4n) is 1.23. The highest BCUT2D eigenvalue weighted by Crippen LogP contribution is 2.18. The summed E-state index contributed by atoms with van der Waals surface area (Å²) in [6.45, 7) is 3.10. The maximum absolute atomic E-state index is 13.1. The fraction of sp³-hybridized carbons (Fsp3) is 0.455. The lowest BCUT2D eigenvalue weighted by atomic mass is 10.2. The molecule has 0 aliphatic carbocycles. The number of hydrogen-bond donors (Lipinski definition) is 1. The molecule has 2 nitrogen and oxygen atoms in total. The molecule has 1 atom stereocenters. The third-order valence-electron chi connectivity index (χ3n) is 1.97. The van der Waals surface area contributed by atoms with E-state index in [1.54, 1.807) is 0 Å². The van der Waals surface area contributed by atoms with Crippen LogP contribution in [0.3, 0.4) is 0 Å². The van der Waals surface area contributed by atoms with E-state index >= 15 is 0 Å². The van der Waals surface area contributed by atoms with Crippen molar-refractivity contribution in [1.82, 2.24) is 5.32 Å². The van der Waals surface area contributed by atoms with Gasteiger partial charge in [0.2, 0.25) is 0 Å². The van der Waals surface area contributed by atoms with Crippen molar-refractivity contribution >= 4 is 0 Å². The van der Waals surface area contributed by atoms with Gasteiger partial charge in [-0.25, -0.2) is 8.78 Å². The van der Waals surface area contributed by atoms with Crippen molar-refractivity contribution in [2.24, 2.45) is 5.92 Å². The number of hydrogen-bond acceptors (Lipinski definition) is 2. The zero-order chi connectivity index (χ0) is 11.3. The summed E-state index contributed by atoms with van der Waals surface area (Å²) in [5.41, 5.74) is 0. The van der Waals surface area contributed by atoms with E-state index in [1.807, 2.05) is 14.0 Å². The van der Waals surface area contributed by atoms with Crippen molar-refractivity contribution in [2.45, 2.75) is 6.92 Å². The average Bonchev–Trinajstić information content (AvgIpc) is 2.20. The Labute approximate surface area is 88.3 Å². The van der Waals surface area contributed by atoms with Crippen molar-refractivity contribution in [3.05, 3.63) is 29.8 Å². The van der Waals surface area contributed by atoms with Gasteiger partial charge >= 0.3 is 0 Å². The van der Waals surface area contributed by atoms with Crippen molar-refractivity contribution in [2.75, 3.05) is 20.2 Å². The van der Waals surface area contributed by atoms with E-state index in [0.29, 0.717) is 6.61 Å². The summed E-state index contributed by atoms with van der Waals surface area (Å²) in [4.78, 5) is 0. The van der Waals surface area contributed by atoms with Gasteiger partial charge in [0, 0.05) is 18.5 Å². The molecule has 15 heavy (non-hydrogen) atoms. The molecule has 0 aliphatic rings. The minimum absolute atomic E-state index is 0.0297. The summed E-state index contributed by atoms with van der Waals surface area (Å²) in [6, 6.07) is 3.19. The number of ether oxygens (including phenoxy) is 1. The van der Waals surface area contributed by atoms with Crippen molar-refractivity contribution < 1.29 is 13.5 Å². The van der Waals surface area contributed by atoms with Gasteiger partial charge in [-0.05, 0) is 19.2 Å². The summed E-state index contributed by atoms with van der Waals surface area (Å²) in [6.07, 6.45) is 0. The van der Waals surface area contributed by atoms with E-state index in [1.165, 1.54) is 0 Å². The maximum atomic E-state index is 13.1. The molecule has 1 N–H and O–H groups in total. The first-order valence-corrected chi connectivity index (χ1v) is 4.86. The van der Waals surface area contributed by atoms with E-state index < -0.39 is 11.6 Å². The predicted molar refractivity (Wildman–Crippen MR) is 54.9 cm³/mol. The Morgan fingerprint density at radius 2 is 2.13 bits per heavy atom. The van der Waals surface area contributed by atoms with E-state index in [0.717, 1.165) is 24.7 Å². The Morgan fingerprint density at radius 1 is 1.40 bits per heavy atom. The van der Waals surface area contributed by atoms with E-state index in [-0.39, 0.29) is 11.7 Å². The topological polar surface area (TPSA) is 21.3 Å². The van der Waals surface area contributed by atoms with Crippen LogP contribution in [-0.2, 0) is 0 Å². The molecule has 0 aromatic heterocycles. The molecular weight excluding hydrogens is 200 g/mol. The largest absolute Gasteiger partial charge is 0.490 e. The van der Waals surface area contributed by atoms with Crippen LogP contribution in [0.4, 0.5) is 8.78 Å². The van der Waals surface area contributed by atoms with E-state index in [2.05, 4.69) is 5.32 Å². The molecule has 0 saturated carbocycles. The zero-order valence-electron chi connectivity index (χ0n) is 8.89. The molecule has 0 radical (unpaired) electrons. The molecule has 0 bridgehead atoms. The molecular formula is C11H15F2NO. The summed E-state index contributed by atoms with van der Waals surface area (Å²) in [5.74, 6) is -0.809. The molecule has 0 fully saturated rings. The fourth-order valence-corrected chi connectivity index (χ4v) is 1.23. The normalized spacial score (nSPS) is 12.5. The first kappa shape index (κ1) is 11.9. The Morgan fingerprint density at radius 3 is 2.80 bits per heavy atom. The van der Waals surface area contributed by atoms with E-state index in [4.69, 9.17) is 4.74 Å². The molecule has 0 amide bonds. The first-order chi connectivity index (χ1) is 7.13. The van der Waals surface area contributed by atoms with Crippen LogP contribution in [0.2, 0.25) is 0 Å². The second-order valence-corrected chi connectivity index (χ2v) is 3.55. The Bertz CT molecular complexity index is 317. The van der Waals surface area contributed by atoms with Crippen LogP contribution in [0, 0.1) is 17.6 Å². The highest BCUT2D eigenvalue weighted by Gasteiger charge is 2.07. The van der Waals surface area contributed by atoms with Crippen LogP contribution in [0.15, 0.2) is 18.2 Å². The molecule has 0 saturated heterocycles. The highest BCUT2D eigenvalue weighted by atomic mass is 19.1. The predicted octanol–water partition coefficient (Wildman–Crippen LogP) is 2.20. The van der Waals surface area contributed by atoms with Gasteiger partial charge in [0.1, 0.15) is 5.82 Å². The average molecular weight is 215 g/mol. The zero-order valence-corrected chi connectivity index (χ0v) is 8.89. The van der Waals surface area contributed by atoms with Crippen LogP contribution >= 0.6 is 0 Å². The Hall–Kier alpha value is -1.16. The Kier molecular flexibility index (Phi) is 4.49. The van der Waals surface area contributed by atoms with Gasteiger partial charge in [-0.1, -0.05) is 6.92 Å². The highest BCUT2D eigenvalue weighted by molar-refractivity contribution is 5.24. The van der Waals surface area contributed by atoms with E-state index in [9.17, 15) is 8.78 Å². The minimum atomic E-state index is -0.534. The SMILES string of the molecule is CNCC(C)COc1cc(F)ccc1F. The monoisotopic (exact) mass is 215 g/mol. The summed E-state index contributed by atoms with van der Waals surface area (Å²) < 4.78 is 31.0. The van der Waals surface area contributed by atoms with Crippen LogP contribution in [0.5, 0.6) is 5.75 Å². The van der Waals surface area contributed by atoms with Crippen molar-refractivity contribution in [3.8, 4) is 5.75 Å². The number of nitrogens with one attached hydrogen (secondary N) is 1. The van der Waals surface area contributed by atoms with Gasteiger partial charge in [0.25, 0.3) is 0 Å². The summed E-state index contributed by atoms with van der Waals surface area (Å²) in [7, 11) is 1.83. The van der Waals surface area contributed by atoms with Crippen molar-refractivity contribution in [1.29, 1.82) is 0 Å². The Balaban J connectivity index is 2.53. The lowest BCUT2D eigenvalue weighted by Crippen LogP contribution is -2.21. The molecule has 0 spiro atoms. The van der Waals surface area contributed by atoms with Crippen molar-refractivity contribution in [3.63, 3.8) is 0 Å². The molecule has 1 aromatic carbocycles. The summed E-state index contributed by atoms with van der Waals surface area (Å²) in [5, 5.41) is 2.98. The molecule has 1 aromatic rings. The molecule has 0 aliphatic heterocycles. The van der Waals surface area contributed by atoms with Crippen LogP contribution in [0.25, 0.3) is 0 Å². The second-order valence-electron chi connectivity index (χ2n) is 3.55. The minimum Gasteiger partial charge on any atom is -0.490 e. The standard InChI is InChI=1S/C11H15F2NO/c1-8(6-14-2)7-15-11-5-9(12)3-4-10(11)13/h3-5,8,14H,6-7H2,1-2H3. The molecule has 1 rings (SSSR count). The summed E-state index contributed by atoms with van der Waals surface area (Å²) >= 11 is 0. The van der Waals surface area contributed by atoms with Crippen LogP contribution < -0.4 is 10.1 Å². The third-order valence-corrected chi connectivity index (χ3v) is 1.97. The van der Waals surface area contributed by atoms with Crippen LogP contribution in [-0.4, -0.2) is 20.2 Å². The van der Waals surface area contributed by atoms with Gasteiger partial charge in [0.15, 0.2) is 11.6 Å². The first-order valence-electron chi connectivity index (χ1n) is 4.86. The number of rotatable bonds is 5. The molecule has 1 unspecified atom stereocenters. The molecule has 0 heterocycles. The van der Waals surface area contributed by atoms with Gasteiger partial charge in [0.05, 0.1) is 6.61 Å². The molecule has 84 valence electrons. The second kappa shape index (κ2) is 5.66. The lowest BCUT2D eigenvalue weighted by molar-refractivity contribution is 0.246. The van der Waals surface area contributed by atoms with Crippen LogP contribution in [0.1, 0.15) is 6.92 Å². The van der Waals surface area contributed by atoms with Gasteiger partial charge < -0.3 is 10.1 Å². The third kappa shape index (κ3) is 3.83. The maximum Gasteiger partial charge on any atom is 0.165 e. The smallest absolute Gasteiger partial charge is 0.165 e.